The first kappa shape index (κ1) is 17.0. The highest BCUT2D eigenvalue weighted by Crippen LogP contribution is 2.23. The predicted molar refractivity (Wildman–Crippen MR) is 95.9 cm³/mol. The number of nitrogens with zero attached hydrogens (tertiary/aromatic N) is 2. The number of rotatable bonds is 4. The first-order valence-corrected chi connectivity index (χ1v) is 8.59. The second kappa shape index (κ2) is 7.38. The summed E-state index contributed by atoms with van der Waals surface area (Å²) in [5.74, 6) is 0.487. The molecule has 2 heterocycles. The molecule has 1 aromatic heterocycles. The van der Waals surface area contributed by atoms with Crippen LogP contribution < -0.4 is 16.0 Å². The summed E-state index contributed by atoms with van der Waals surface area (Å²) >= 11 is 0. The third-order valence-electron chi connectivity index (χ3n) is 4.38. The molecular formula is C18H23N5O2. The zero-order valence-electron chi connectivity index (χ0n) is 14.5. The topological polar surface area (TPSA) is 88.1 Å². The van der Waals surface area contributed by atoms with Gasteiger partial charge in [-0.25, -0.2) is 9.48 Å². The maximum atomic E-state index is 12.4. The standard InChI is InChI=1S/C18H23N5O2/c1-3-14-12(2)16(23(22-14)13-8-5-4-6-9-13)21-18(25)20-15-10-7-11-19-17(15)24/h4-6,8-9,15H,3,7,10-11H2,1-2H3,(H,19,24)(H2,20,21,25). The average molecular weight is 341 g/mol. The number of urea groups is 1. The molecule has 25 heavy (non-hydrogen) atoms. The number of amides is 3. The van der Waals surface area contributed by atoms with E-state index in [1.807, 2.05) is 44.2 Å². The van der Waals surface area contributed by atoms with Crippen LogP contribution in [0.2, 0.25) is 0 Å². The first-order chi connectivity index (χ1) is 12.1. The molecule has 0 aliphatic carbocycles. The molecule has 1 atom stereocenters. The van der Waals surface area contributed by atoms with Gasteiger partial charge >= 0.3 is 6.03 Å². The number of anilines is 1. The van der Waals surface area contributed by atoms with Gasteiger partial charge in [-0.2, -0.15) is 5.10 Å². The summed E-state index contributed by atoms with van der Waals surface area (Å²) < 4.78 is 1.73. The minimum Gasteiger partial charge on any atom is -0.354 e. The van der Waals surface area contributed by atoms with Crippen molar-refractivity contribution in [3.63, 3.8) is 0 Å². The Morgan fingerprint density at radius 3 is 2.80 bits per heavy atom. The van der Waals surface area contributed by atoms with E-state index < -0.39 is 12.1 Å². The van der Waals surface area contributed by atoms with Crippen LogP contribution >= 0.6 is 0 Å². The average Bonchev–Trinajstić information content (AvgIpc) is 2.94. The smallest absolute Gasteiger partial charge is 0.321 e. The van der Waals surface area contributed by atoms with Crippen LogP contribution in [0.1, 0.15) is 31.0 Å². The van der Waals surface area contributed by atoms with Gasteiger partial charge in [0.25, 0.3) is 0 Å². The van der Waals surface area contributed by atoms with Crippen molar-refractivity contribution in [3.05, 3.63) is 41.6 Å². The Labute approximate surface area is 146 Å². The monoisotopic (exact) mass is 341 g/mol. The van der Waals surface area contributed by atoms with Gasteiger partial charge in [0.1, 0.15) is 11.9 Å². The molecular weight excluding hydrogens is 318 g/mol. The SMILES string of the molecule is CCc1nn(-c2ccccc2)c(NC(=O)NC2CCCNC2=O)c1C. The van der Waals surface area contributed by atoms with Crippen molar-refractivity contribution in [2.24, 2.45) is 0 Å². The molecule has 1 aromatic carbocycles. The third-order valence-corrected chi connectivity index (χ3v) is 4.38. The second-order valence-electron chi connectivity index (χ2n) is 6.11. The van der Waals surface area contributed by atoms with E-state index in [4.69, 9.17) is 0 Å². The summed E-state index contributed by atoms with van der Waals surface area (Å²) in [5.41, 5.74) is 2.72. The second-order valence-corrected chi connectivity index (χ2v) is 6.11. The summed E-state index contributed by atoms with van der Waals surface area (Å²) in [4.78, 5) is 24.2. The predicted octanol–water partition coefficient (Wildman–Crippen LogP) is 2.14. The fourth-order valence-electron chi connectivity index (χ4n) is 2.99. The Hall–Kier alpha value is -2.83. The molecule has 0 radical (unpaired) electrons. The molecule has 3 amide bonds. The summed E-state index contributed by atoms with van der Waals surface area (Å²) in [5, 5.41) is 13.0. The molecule has 7 heteroatoms. The number of hydrogen-bond donors (Lipinski definition) is 3. The Kier molecular flexibility index (Phi) is 5.02. The van der Waals surface area contributed by atoms with Crippen LogP contribution in [0.3, 0.4) is 0 Å². The Morgan fingerprint density at radius 2 is 2.12 bits per heavy atom. The maximum absolute atomic E-state index is 12.4. The minimum absolute atomic E-state index is 0.135. The van der Waals surface area contributed by atoms with Gasteiger partial charge in [0, 0.05) is 12.1 Å². The molecule has 0 saturated carbocycles. The number of para-hydroxylation sites is 1. The van der Waals surface area contributed by atoms with Gasteiger partial charge in [0.15, 0.2) is 0 Å². The Bertz CT molecular complexity index is 769. The lowest BCUT2D eigenvalue weighted by Gasteiger charge is -2.23. The van der Waals surface area contributed by atoms with Crippen LogP contribution in [-0.4, -0.2) is 34.3 Å². The van der Waals surface area contributed by atoms with E-state index in [0.717, 1.165) is 29.8 Å². The maximum Gasteiger partial charge on any atom is 0.321 e. The zero-order valence-corrected chi connectivity index (χ0v) is 14.5. The molecule has 1 fully saturated rings. The lowest BCUT2D eigenvalue weighted by atomic mass is 10.1. The van der Waals surface area contributed by atoms with E-state index >= 15 is 0 Å². The van der Waals surface area contributed by atoms with Crippen molar-refractivity contribution in [1.29, 1.82) is 0 Å². The van der Waals surface area contributed by atoms with Gasteiger partial charge in [0.2, 0.25) is 5.91 Å². The number of aryl methyl sites for hydroxylation is 1. The van der Waals surface area contributed by atoms with Gasteiger partial charge in [-0.15, -0.1) is 0 Å². The molecule has 3 rings (SSSR count). The van der Waals surface area contributed by atoms with Crippen LogP contribution in [-0.2, 0) is 11.2 Å². The fourth-order valence-corrected chi connectivity index (χ4v) is 2.99. The van der Waals surface area contributed by atoms with E-state index in [0.29, 0.717) is 18.8 Å². The van der Waals surface area contributed by atoms with Gasteiger partial charge in [-0.05, 0) is 38.3 Å². The number of piperidine rings is 1. The quantitative estimate of drug-likeness (QED) is 0.796. The van der Waals surface area contributed by atoms with Crippen molar-refractivity contribution >= 4 is 17.8 Å². The lowest BCUT2D eigenvalue weighted by Crippen LogP contribution is -2.51. The van der Waals surface area contributed by atoms with E-state index in [1.165, 1.54) is 0 Å². The summed E-state index contributed by atoms with van der Waals surface area (Å²) in [7, 11) is 0. The van der Waals surface area contributed by atoms with Crippen LogP contribution in [0.5, 0.6) is 0 Å². The van der Waals surface area contributed by atoms with Crippen LogP contribution in [0.4, 0.5) is 10.6 Å². The molecule has 0 bridgehead atoms. The van der Waals surface area contributed by atoms with E-state index in [1.54, 1.807) is 4.68 Å². The van der Waals surface area contributed by atoms with Gasteiger partial charge < -0.3 is 10.6 Å². The molecule has 2 aromatic rings. The van der Waals surface area contributed by atoms with Crippen LogP contribution in [0.15, 0.2) is 30.3 Å². The largest absolute Gasteiger partial charge is 0.354 e. The summed E-state index contributed by atoms with van der Waals surface area (Å²) in [6, 6.07) is 8.76. The number of carbonyl (C=O) groups excluding carboxylic acids is 2. The minimum atomic E-state index is -0.493. The lowest BCUT2D eigenvalue weighted by molar-refractivity contribution is -0.124. The number of aromatic nitrogens is 2. The highest BCUT2D eigenvalue weighted by Gasteiger charge is 2.24. The zero-order chi connectivity index (χ0) is 17.8. The Balaban J connectivity index is 1.82. The summed E-state index contributed by atoms with van der Waals surface area (Å²) in [6.45, 7) is 4.63. The molecule has 7 nitrogen and oxygen atoms in total. The van der Waals surface area contributed by atoms with Gasteiger partial charge in [0.05, 0.1) is 11.4 Å². The molecule has 1 unspecified atom stereocenters. The van der Waals surface area contributed by atoms with Gasteiger partial charge in [-0.1, -0.05) is 25.1 Å². The Morgan fingerprint density at radius 1 is 1.36 bits per heavy atom. The van der Waals surface area contributed by atoms with Crippen molar-refractivity contribution in [1.82, 2.24) is 20.4 Å². The number of hydrogen-bond acceptors (Lipinski definition) is 3. The molecule has 3 N–H and O–H groups in total. The third kappa shape index (κ3) is 3.65. The molecule has 1 aliphatic heterocycles. The number of nitrogens with one attached hydrogen (secondary N) is 3. The normalized spacial score (nSPS) is 17.0. The molecule has 1 saturated heterocycles. The van der Waals surface area contributed by atoms with E-state index in [-0.39, 0.29) is 5.91 Å². The van der Waals surface area contributed by atoms with E-state index in [2.05, 4.69) is 21.0 Å². The summed E-state index contributed by atoms with van der Waals surface area (Å²) in [6.07, 6.45) is 2.28. The van der Waals surface area contributed by atoms with Crippen molar-refractivity contribution < 1.29 is 9.59 Å². The van der Waals surface area contributed by atoms with Gasteiger partial charge in [-0.3, -0.25) is 10.1 Å². The van der Waals surface area contributed by atoms with Crippen molar-refractivity contribution in [2.75, 3.05) is 11.9 Å². The first-order valence-electron chi connectivity index (χ1n) is 8.59. The van der Waals surface area contributed by atoms with Crippen LogP contribution in [0, 0.1) is 6.92 Å². The highest BCUT2D eigenvalue weighted by atomic mass is 16.2. The van der Waals surface area contributed by atoms with E-state index in [9.17, 15) is 9.59 Å². The van der Waals surface area contributed by atoms with Crippen molar-refractivity contribution in [3.8, 4) is 5.69 Å². The highest BCUT2D eigenvalue weighted by molar-refractivity contribution is 5.94. The van der Waals surface area contributed by atoms with Crippen LogP contribution in [0.25, 0.3) is 5.69 Å². The fraction of sp³-hybridized carbons (Fsp3) is 0.389. The molecule has 132 valence electrons. The van der Waals surface area contributed by atoms with Crippen molar-refractivity contribution in [2.45, 2.75) is 39.2 Å². The molecule has 1 aliphatic rings. The number of carbonyl (C=O) groups is 2. The molecule has 0 spiro atoms. The number of benzene rings is 1.